The van der Waals surface area contributed by atoms with Gasteiger partial charge in [0.05, 0.1) is 13.2 Å². The fourth-order valence-electron chi connectivity index (χ4n) is 7.56. The maximum Gasteiger partial charge on any atom is 0.453 e. The largest absolute Gasteiger partial charge is 0.453 e. The van der Waals surface area contributed by atoms with E-state index in [0.717, 1.165) is 92.5 Å². The van der Waals surface area contributed by atoms with Crippen LogP contribution in [0.1, 0.15) is 155 Å². The van der Waals surface area contributed by atoms with E-state index in [-0.39, 0.29) is 21.7 Å². The van der Waals surface area contributed by atoms with Crippen molar-refractivity contribution in [2.75, 3.05) is 13.2 Å². The Bertz CT molecular complexity index is 2260. The van der Waals surface area contributed by atoms with Gasteiger partial charge in [0.1, 0.15) is 22.7 Å². The summed E-state index contributed by atoms with van der Waals surface area (Å²) in [6, 6.07) is 18.4. The summed E-state index contributed by atoms with van der Waals surface area (Å²) in [7, 11) is -3.58. The Morgan fingerprint density at radius 2 is 0.879 bits per heavy atom. The molecule has 314 valence electrons. The summed E-state index contributed by atoms with van der Waals surface area (Å²) < 4.78 is 40.7. The first-order valence-electron chi connectivity index (χ1n) is 21.4. The van der Waals surface area contributed by atoms with Crippen LogP contribution >= 0.6 is 16.8 Å². The summed E-state index contributed by atoms with van der Waals surface area (Å²) in [4.78, 5) is 0. The molecule has 0 spiro atoms. The number of benzene rings is 4. The Hall–Kier alpha value is -3.27. The zero-order valence-electron chi connectivity index (χ0n) is 38.2. The van der Waals surface area contributed by atoms with Crippen LogP contribution in [0.2, 0.25) is 0 Å². The van der Waals surface area contributed by atoms with Gasteiger partial charge in [0.25, 0.3) is 0 Å². The quantitative estimate of drug-likeness (QED) is 0.138. The van der Waals surface area contributed by atoms with Crippen molar-refractivity contribution in [3.05, 3.63) is 93.0 Å². The lowest BCUT2D eigenvalue weighted by molar-refractivity contribution is 0.350. The summed E-state index contributed by atoms with van der Waals surface area (Å²) in [6.07, 6.45) is 3.51. The van der Waals surface area contributed by atoms with E-state index in [1.54, 1.807) is 0 Å². The molecule has 1 aliphatic rings. The van der Waals surface area contributed by atoms with E-state index in [9.17, 15) is 0 Å². The van der Waals surface area contributed by atoms with Gasteiger partial charge in [0.2, 0.25) is 0 Å². The van der Waals surface area contributed by atoms with E-state index in [1.807, 2.05) is 0 Å². The molecule has 58 heavy (non-hydrogen) atoms. The van der Waals surface area contributed by atoms with Crippen molar-refractivity contribution in [2.45, 2.75) is 158 Å². The van der Waals surface area contributed by atoms with Crippen molar-refractivity contribution in [3.8, 4) is 22.6 Å². The van der Waals surface area contributed by atoms with Crippen LogP contribution in [-0.2, 0) is 56.4 Å². The van der Waals surface area contributed by atoms with Crippen LogP contribution in [-0.4, -0.2) is 13.2 Å². The minimum atomic E-state index is -2.00. The van der Waals surface area contributed by atoms with Gasteiger partial charge in [-0.25, -0.2) is 0 Å². The third-order valence-corrected chi connectivity index (χ3v) is 13.4. The highest BCUT2D eigenvalue weighted by molar-refractivity contribution is 7.42. The van der Waals surface area contributed by atoms with Crippen molar-refractivity contribution in [3.63, 3.8) is 0 Å². The molecule has 0 unspecified atom stereocenters. The number of aryl methyl sites for hydroxylation is 4. The Morgan fingerprint density at radius 3 is 1.22 bits per heavy atom. The van der Waals surface area contributed by atoms with E-state index in [0.29, 0.717) is 13.2 Å². The highest BCUT2D eigenvalue weighted by Crippen LogP contribution is 2.55. The van der Waals surface area contributed by atoms with Gasteiger partial charge in [-0.2, -0.15) is 0 Å². The molecule has 1 aromatic heterocycles. The maximum atomic E-state index is 7.46. The molecule has 0 atom stereocenters. The Labute approximate surface area is 351 Å². The molecule has 6 nitrogen and oxygen atoms in total. The zero-order chi connectivity index (χ0) is 42.5. The van der Waals surface area contributed by atoms with Crippen LogP contribution in [0.15, 0.2) is 56.9 Å². The first kappa shape index (κ1) is 44.3. The second-order valence-electron chi connectivity index (χ2n) is 20.0. The van der Waals surface area contributed by atoms with Crippen molar-refractivity contribution >= 4 is 38.8 Å². The van der Waals surface area contributed by atoms with E-state index in [4.69, 9.17) is 26.5 Å². The molecule has 0 N–H and O–H groups in total. The number of hydrogen-bond donors (Lipinski definition) is 0. The summed E-state index contributed by atoms with van der Waals surface area (Å²) in [5, 5.41) is 2.15. The number of fused-ring (bicyclic) bond motifs is 3. The molecule has 0 bridgehead atoms. The highest BCUT2D eigenvalue weighted by Gasteiger charge is 2.35. The molecule has 2 heterocycles. The van der Waals surface area contributed by atoms with Crippen LogP contribution in [0.25, 0.3) is 33.1 Å². The Morgan fingerprint density at radius 1 is 0.483 bits per heavy atom. The fourth-order valence-corrected chi connectivity index (χ4v) is 9.72. The molecule has 0 amide bonds. The van der Waals surface area contributed by atoms with E-state index in [1.165, 1.54) is 22.3 Å². The molecule has 5 aromatic rings. The molecular formula is C50H68O6P2. The molecule has 0 aliphatic carbocycles. The van der Waals surface area contributed by atoms with Crippen LogP contribution in [0.4, 0.5) is 0 Å². The molecule has 1 fully saturated rings. The molecule has 4 aromatic carbocycles. The molecule has 1 saturated heterocycles. The van der Waals surface area contributed by atoms with Crippen molar-refractivity contribution in [1.29, 1.82) is 0 Å². The maximum absolute atomic E-state index is 7.46. The molecule has 0 saturated carbocycles. The highest BCUT2D eigenvalue weighted by atomic mass is 31.2. The van der Waals surface area contributed by atoms with Gasteiger partial charge in [-0.3, -0.25) is 0 Å². The summed E-state index contributed by atoms with van der Waals surface area (Å²) in [5.74, 6) is 1.50. The summed E-state index contributed by atoms with van der Waals surface area (Å²) in [5.41, 5.74) is 12.1. The lowest BCUT2D eigenvalue weighted by atomic mass is 9.75. The number of rotatable bonds is 9. The SMILES string of the molecule is CCc1cc(CC)c2op(Oc3c(-c4cc(C(C)(C)C)cc(C(C)(C)C)c4OP4OCCO4)cc(C(C)(C)C)cc3C(C)(C)C)oc3c(CC)cc(CC)cc3c2c1. The Kier molecular flexibility index (Phi) is 12.7. The van der Waals surface area contributed by atoms with Gasteiger partial charge in [0.15, 0.2) is 0 Å². The monoisotopic (exact) mass is 826 g/mol. The standard InChI is InChI=1S/C50H68O6P2/c1-17-31-23-33(19-3)43-37(25-31)38-26-32(18-2)24-34(20-4)44(38)54-58(53-43)56-46-40(28-36(48(8,9)10)30-42(46)50(14,15)16)39-27-35(47(5,6)7)29-41(49(11,12)13)45(39)55-57-51-21-22-52-57/h23-30H,17-22H2,1-16H3. The third-order valence-electron chi connectivity index (χ3n) is 11.3. The second-order valence-corrected chi connectivity index (χ2v) is 22.1. The molecular weight excluding hydrogens is 758 g/mol. The minimum Gasteiger partial charge on any atom is -0.426 e. The van der Waals surface area contributed by atoms with E-state index < -0.39 is 16.8 Å². The smallest absolute Gasteiger partial charge is 0.426 e. The predicted octanol–water partition coefficient (Wildman–Crippen LogP) is 15.9. The van der Waals surface area contributed by atoms with Gasteiger partial charge < -0.3 is 26.5 Å². The zero-order valence-corrected chi connectivity index (χ0v) is 40.0. The average molecular weight is 827 g/mol. The number of hydrogen-bond acceptors (Lipinski definition) is 6. The van der Waals surface area contributed by atoms with Gasteiger partial charge in [0, 0.05) is 33.0 Å². The lowest BCUT2D eigenvalue weighted by Gasteiger charge is -2.32. The summed E-state index contributed by atoms with van der Waals surface area (Å²) >= 11 is 0. The van der Waals surface area contributed by atoms with Gasteiger partial charge in [-0.05, 0) is 105 Å². The molecule has 8 heteroatoms. The summed E-state index contributed by atoms with van der Waals surface area (Å²) in [6.45, 7) is 37.0. The van der Waals surface area contributed by atoms with E-state index in [2.05, 4.69) is 159 Å². The van der Waals surface area contributed by atoms with Crippen LogP contribution in [0.5, 0.6) is 11.5 Å². The average Bonchev–Trinajstić information content (AvgIpc) is 3.60. The Balaban J connectivity index is 1.79. The minimum absolute atomic E-state index is 0.151. The topological polar surface area (TPSA) is 63.2 Å². The first-order chi connectivity index (χ1) is 27.1. The van der Waals surface area contributed by atoms with Crippen LogP contribution < -0.4 is 9.05 Å². The molecule has 1 aliphatic heterocycles. The van der Waals surface area contributed by atoms with Crippen molar-refractivity contribution < 1.29 is 26.5 Å². The fraction of sp³-hybridized carbons (Fsp3) is 0.520. The normalized spacial score (nSPS) is 14.5. The van der Waals surface area contributed by atoms with Gasteiger partial charge >= 0.3 is 16.8 Å². The first-order valence-corrected chi connectivity index (χ1v) is 23.5. The van der Waals surface area contributed by atoms with Gasteiger partial charge in [-0.15, -0.1) is 0 Å². The van der Waals surface area contributed by atoms with Crippen LogP contribution in [0, 0.1) is 0 Å². The van der Waals surface area contributed by atoms with Crippen molar-refractivity contribution in [2.24, 2.45) is 0 Å². The molecule has 0 radical (unpaired) electrons. The van der Waals surface area contributed by atoms with E-state index >= 15 is 0 Å². The lowest BCUT2D eigenvalue weighted by Crippen LogP contribution is -2.19. The van der Waals surface area contributed by atoms with Crippen molar-refractivity contribution in [1.82, 2.24) is 0 Å². The molecule has 6 rings (SSSR count). The third kappa shape index (κ3) is 9.22. The second kappa shape index (κ2) is 16.6. The van der Waals surface area contributed by atoms with Gasteiger partial charge in [-0.1, -0.05) is 135 Å². The predicted molar refractivity (Wildman–Crippen MR) is 246 cm³/mol. The van der Waals surface area contributed by atoms with Crippen LogP contribution in [0.3, 0.4) is 0 Å².